The standard InChI is InChI=1S/C14H21N3S/c1-13(2)11(14(13,3)4)10(15)7-9-8-17-5-6-18-12(17)16-9/h5-6,8,10-11H,7,15H2,1-4H3. The number of nitrogens with two attached hydrogens (primary N) is 1. The van der Waals surface area contributed by atoms with Crippen LogP contribution in [-0.2, 0) is 6.42 Å². The Kier molecular flexibility index (Phi) is 2.42. The van der Waals surface area contributed by atoms with Crippen LogP contribution in [0.3, 0.4) is 0 Å². The lowest BCUT2D eigenvalue weighted by molar-refractivity contribution is 0.457. The van der Waals surface area contributed by atoms with Crippen LogP contribution in [-0.4, -0.2) is 15.4 Å². The number of fused-ring (bicyclic) bond motifs is 1. The van der Waals surface area contributed by atoms with Gasteiger partial charge in [-0.2, -0.15) is 0 Å². The zero-order valence-electron chi connectivity index (χ0n) is 11.5. The van der Waals surface area contributed by atoms with Gasteiger partial charge in [0, 0.05) is 30.2 Å². The van der Waals surface area contributed by atoms with Gasteiger partial charge in [-0.3, -0.25) is 4.40 Å². The number of imidazole rings is 1. The smallest absolute Gasteiger partial charge is 0.193 e. The molecule has 2 aromatic rings. The summed E-state index contributed by atoms with van der Waals surface area (Å²) in [6.45, 7) is 9.29. The Balaban J connectivity index is 1.76. The van der Waals surface area contributed by atoms with Crippen molar-refractivity contribution in [2.45, 2.75) is 40.2 Å². The third-order valence-corrected chi connectivity index (χ3v) is 5.92. The minimum atomic E-state index is 0.208. The predicted molar refractivity (Wildman–Crippen MR) is 75.8 cm³/mol. The molecule has 18 heavy (non-hydrogen) atoms. The zero-order valence-corrected chi connectivity index (χ0v) is 12.3. The molecular formula is C14H21N3S. The molecule has 2 aromatic heterocycles. The van der Waals surface area contributed by atoms with Crippen LogP contribution in [0.1, 0.15) is 33.4 Å². The topological polar surface area (TPSA) is 43.3 Å². The summed E-state index contributed by atoms with van der Waals surface area (Å²) in [7, 11) is 0. The van der Waals surface area contributed by atoms with Crippen molar-refractivity contribution in [2.24, 2.45) is 22.5 Å². The van der Waals surface area contributed by atoms with E-state index < -0.39 is 0 Å². The van der Waals surface area contributed by atoms with E-state index in [1.807, 2.05) is 6.20 Å². The zero-order chi connectivity index (χ0) is 13.1. The van der Waals surface area contributed by atoms with Crippen LogP contribution in [0.25, 0.3) is 4.96 Å². The SMILES string of the molecule is CC1(C)C(C(N)Cc2cn3ccsc3n2)C1(C)C. The molecule has 98 valence electrons. The highest BCUT2D eigenvalue weighted by atomic mass is 32.1. The summed E-state index contributed by atoms with van der Waals surface area (Å²) in [6.07, 6.45) is 5.03. The first-order valence-electron chi connectivity index (χ1n) is 6.50. The van der Waals surface area contributed by atoms with Gasteiger partial charge in [-0.15, -0.1) is 11.3 Å². The van der Waals surface area contributed by atoms with Gasteiger partial charge in [0.1, 0.15) is 0 Å². The molecule has 3 rings (SSSR count). The van der Waals surface area contributed by atoms with E-state index in [9.17, 15) is 0 Å². The lowest BCUT2D eigenvalue weighted by Gasteiger charge is -2.11. The third-order valence-electron chi connectivity index (χ3n) is 5.15. The Morgan fingerprint density at radius 2 is 2.06 bits per heavy atom. The molecule has 0 spiro atoms. The molecule has 2 heterocycles. The Labute approximate surface area is 112 Å². The summed E-state index contributed by atoms with van der Waals surface area (Å²) in [4.78, 5) is 5.68. The maximum absolute atomic E-state index is 6.41. The third kappa shape index (κ3) is 1.55. The predicted octanol–water partition coefficient (Wildman–Crippen LogP) is 2.95. The van der Waals surface area contributed by atoms with E-state index in [4.69, 9.17) is 5.73 Å². The maximum atomic E-state index is 6.41. The van der Waals surface area contributed by atoms with Crippen LogP contribution in [0.5, 0.6) is 0 Å². The van der Waals surface area contributed by atoms with Crippen LogP contribution in [0.4, 0.5) is 0 Å². The molecule has 0 bridgehead atoms. The van der Waals surface area contributed by atoms with Gasteiger partial charge in [-0.05, 0) is 16.7 Å². The van der Waals surface area contributed by atoms with Gasteiger partial charge in [0.15, 0.2) is 4.96 Å². The minimum Gasteiger partial charge on any atom is -0.327 e. The first-order chi connectivity index (χ1) is 8.34. The monoisotopic (exact) mass is 263 g/mol. The van der Waals surface area contributed by atoms with Crippen molar-refractivity contribution in [3.63, 3.8) is 0 Å². The van der Waals surface area contributed by atoms with E-state index >= 15 is 0 Å². The van der Waals surface area contributed by atoms with Crippen LogP contribution in [0.2, 0.25) is 0 Å². The minimum absolute atomic E-state index is 0.208. The highest BCUT2D eigenvalue weighted by Gasteiger charge is 2.66. The summed E-state index contributed by atoms with van der Waals surface area (Å²) in [5.41, 5.74) is 8.23. The average Bonchev–Trinajstić information content (AvgIpc) is 2.62. The highest BCUT2D eigenvalue weighted by Crippen LogP contribution is 2.69. The van der Waals surface area contributed by atoms with Gasteiger partial charge < -0.3 is 5.73 Å². The van der Waals surface area contributed by atoms with Gasteiger partial charge in [-0.25, -0.2) is 4.98 Å². The molecule has 4 heteroatoms. The molecule has 0 radical (unpaired) electrons. The first kappa shape index (κ1) is 12.2. The largest absolute Gasteiger partial charge is 0.327 e. The van der Waals surface area contributed by atoms with Crippen LogP contribution in [0.15, 0.2) is 17.8 Å². The van der Waals surface area contributed by atoms with E-state index in [2.05, 4.69) is 48.7 Å². The fourth-order valence-electron chi connectivity index (χ4n) is 3.55. The normalized spacial score (nSPS) is 23.4. The molecule has 2 N–H and O–H groups in total. The molecule has 1 fully saturated rings. The summed E-state index contributed by atoms with van der Waals surface area (Å²) in [5.74, 6) is 0.588. The highest BCUT2D eigenvalue weighted by molar-refractivity contribution is 7.15. The summed E-state index contributed by atoms with van der Waals surface area (Å²) in [5, 5.41) is 2.05. The van der Waals surface area contributed by atoms with Crippen LogP contribution in [0, 0.1) is 16.7 Å². The molecular weight excluding hydrogens is 242 g/mol. The molecule has 0 amide bonds. The Bertz CT molecular complexity index is 536. The van der Waals surface area contributed by atoms with E-state index in [0.29, 0.717) is 16.7 Å². The second kappa shape index (κ2) is 3.58. The lowest BCUT2D eigenvalue weighted by Crippen LogP contribution is -2.28. The van der Waals surface area contributed by atoms with E-state index in [1.165, 1.54) is 0 Å². The number of hydrogen-bond acceptors (Lipinski definition) is 3. The lowest BCUT2D eigenvalue weighted by atomic mass is 10.0. The van der Waals surface area contributed by atoms with Crippen molar-refractivity contribution in [1.82, 2.24) is 9.38 Å². The average molecular weight is 263 g/mol. The fraction of sp³-hybridized carbons (Fsp3) is 0.643. The molecule has 0 saturated heterocycles. The number of thiazole rings is 1. The van der Waals surface area contributed by atoms with E-state index in [-0.39, 0.29) is 6.04 Å². The molecule has 1 aliphatic rings. The Hall–Kier alpha value is -0.870. The van der Waals surface area contributed by atoms with Gasteiger partial charge in [-0.1, -0.05) is 27.7 Å². The van der Waals surface area contributed by atoms with Gasteiger partial charge in [0.05, 0.1) is 5.69 Å². The fourth-order valence-corrected chi connectivity index (χ4v) is 4.27. The van der Waals surface area contributed by atoms with Crippen molar-refractivity contribution < 1.29 is 0 Å². The summed E-state index contributed by atoms with van der Waals surface area (Å²) in [6, 6.07) is 0.208. The van der Waals surface area contributed by atoms with Gasteiger partial charge in [0.25, 0.3) is 0 Å². The summed E-state index contributed by atoms with van der Waals surface area (Å²) >= 11 is 1.67. The Morgan fingerprint density at radius 3 is 2.61 bits per heavy atom. The summed E-state index contributed by atoms with van der Waals surface area (Å²) < 4.78 is 2.08. The van der Waals surface area contributed by atoms with Crippen LogP contribution < -0.4 is 5.73 Å². The van der Waals surface area contributed by atoms with E-state index in [1.54, 1.807) is 11.3 Å². The van der Waals surface area contributed by atoms with Crippen molar-refractivity contribution >= 4 is 16.3 Å². The number of aromatic nitrogens is 2. The van der Waals surface area contributed by atoms with E-state index in [0.717, 1.165) is 17.1 Å². The molecule has 1 saturated carbocycles. The molecule has 0 aliphatic heterocycles. The molecule has 0 aromatic carbocycles. The maximum Gasteiger partial charge on any atom is 0.193 e. The second-order valence-electron chi connectivity index (χ2n) is 6.61. The first-order valence-corrected chi connectivity index (χ1v) is 7.38. The van der Waals surface area contributed by atoms with Crippen molar-refractivity contribution in [1.29, 1.82) is 0 Å². The Morgan fingerprint density at radius 1 is 1.39 bits per heavy atom. The van der Waals surface area contributed by atoms with Gasteiger partial charge in [0.2, 0.25) is 0 Å². The van der Waals surface area contributed by atoms with Gasteiger partial charge >= 0.3 is 0 Å². The van der Waals surface area contributed by atoms with Crippen LogP contribution >= 0.6 is 11.3 Å². The van der Waals surface area contributed by atoms with Crippen molar-refractivity contribution in [3.05, 3.63) is 23.5 Å². The molecule has 1 unspecified atom stereocenters. The number of rotatable bonds is 3. The molecule has 1 aliphatic carbocycles. The molecule has 1 atom stereocenters. The quantitative estimate of drug-likeness (QED) is 0.925. The number of nitrogens with zero attached hydrogens (tertiary/aromatic N) is 2. The number of hydrogen-bond donors (Lipinski definition) is 1. The molecule has 3 nitrogen and oxygen atoms in total. The van der Waals surface area contributed by atoms with Crippen molar-refractivity contribution in [3.8, 4) is 0 Å². The van der Waals surface area contributed by atoms with Crippen molar-refractivity contribution in [2.75, 3.05) is 0 Å². The second-order valence-corrected chi connectivity index (χ2v) is 7.49.